The summed E-state index contributed by atoms with van der Waals surface area (Å²) in [6.45, 7) is 5.78. The van der Waals surface area contributed by atoms with E-state index in [2.05, 4.69) is 20.3 Å². The Morgan fingerprint density at radius 1 is 1.57 bits per heavy atom. The third kappa shape index (κ3) is 10.8. The zero-order valence-electron chi connectivity index (χ0n) is 4.81. The van der Waals surface area contributed by atoms with Crippen molar-refractivity contribution in [2.24, 2.45) is 0 Å². The summed E-state index contributed by atoms with van der Waals surface area (Å²) >= 11 is 0. The van der Waals surface area contributed by atoms with Crippen LogP contribution >= 0.6 is 0 Å². The molecule has 0 unspecified atom stereocenters. The van der Waals surface area contributed by atoms with Crippen LogP contribution in [0.3, 0.4) is 0 Å². The minimum absolute atomic E-state index is 0. The summed E-state index contributed by atoms with van der Waals surface area (Å²) in [7, 11) is 0. The Kier molecular flexibility index (Phi) is 15.0. The molecule has 7 heavy (non-hydrogen) atoms. The van der Waals surface area contributed by atoms with E-state index in [1.54, 1.807) is 0 Å². The van der Waals surface area contributed by atoms with Crippen LogP contribution in [0.4, 0.5) is 0 Å². The number of rotatable bonds is 3. The van der Waals surface area contributed by atoms with Gasteiger partial charge in [0.1, 0.15) is 0 Å². The largest absolute Gasteiger partial charge is 2.00 e. The first-order valence-corrected chi connectivity index (χ1v) is 2.49. The van der Waals surface area contributed by atoms with Gasteiger partial charge in [0.25, 0.3) is 0 Å². The fourth-order valence-electron chi connectivity index (χ4n) is 0.348. The standard InChI is InChI=1S/C6H12.W/c1-3-5-6-4-2;/h4H,1,3,5-6H2,2H3;/q-2;+2. The van der Waals surface area contributed by atoms with Crippen molar-refractivity contribution in [3.63, 3.8) is 0 Å². The van der Waals surface area contributed by atoms with Gasteiger partial charge in [-0.15, -0.1) is 6.42 Å². The third-order valence-corrected chi connectivity index (χ3v) is 0.743. The molecule has 1 heteroatoms. The van der Waals surface area contributed by atoms with E-state index in [0.717, 1.165) is 6.42 Å². The van der Waals surface area contributed by atoms with Gasteiger partial charge in [0.15, 0.2) is 0 Å². The van der Waals surface area contributed by atoms with Gasteiger partial charge in [-0.25, -0.2) is 0 Å². The normalized spacial score (nSPS) is 7.71. The quantitative estimate of drug-likeness (QED) is 0.543. The van der Waals surface area contributed by atoms with Crippen LogP contribution in [0.2, 0.25) is 0 Å². The number of hydrogen-bond donors (Lipinski definition) is 0. The van der Waals surface area contributed by atoms with Crippen LogP contribution in [0.5, 0.6) is 0 Å². The minimum Gasteiger partial charge on any atom is -0.343 e. The first-order chi connectivity index (χ1) is 2.91. The maximum atomic E-state index is 3.70. The molecule has 0 aromatic carbocycles. The first-order valence-electron chi connectivity index (χ1n) is 2.49. The predicted octanol–water partition coefficient (Wildman–Crippen LogP) is 2.21. The van der Waals surface area contributed by atoms with E-state index in [9.17, 15) is 0 Å². The molecule has 0 aromatic rings. The van der Waals surface area contributed by atoms with Crippen molar-refractivity contribution in [3.8, 4) is 0 Å². The Hall–Kier alpha value is 0.688. The zero-order chi connectivity index (χ0) is 4.83. The van der Waals surface area contributed by atoms with Crippen LogP contribution in [0.15, 0.2) is 0 Å². The molecular formula is C6H12W. The molecule has 0 spiro atoms. The van der Waals surface area contributed by atoms with Gasteiger partial charge < -0.3 is 13.3 Å². The Morgan fingerprint density at radius 3 is 2.29 bits per heavy atom. The van der Waals surface area contributed by atoms with Crippen LogP contribution in [0.25, 0.3) is 0 Å². The van der Waals surface area contributed by atoms with E-state index in [4.69, 9.17) is 0 Å². The fourth-order valence-corrected chi connectivity index (χ4v) is 0.348. The average molecular weight is 268 g/mol. The number of unbranched alkanes of at least 4 members (excludes halogenated alkanes) is 3. The van der Waals surface area contributed by atoms with Gasteiger partial charge in [-0.3, -0.25) is 0 Å². The second-order valence-corrected chi connectivity index (χ2v) is 1.40. The molecule has 0 aliphatic carbocycles. The molecule has 0 bridgehead atoms. The molecule has 0 aliphatic rings. The maximum absolute atomic E-state index is 3.70. The summed E-state index contributed by atoms with van der Waals surface area (Å²) in [4.78, 5) is 0. The van der Waals surface area contributed by atoms with Crippen molar-refractivity contribution >= 4 is 0 Å². The minimum atomic E-state index is 0. The topological polar surface area (TPSA) is 0 Å². The average Bonchev–Trinajstić information content (AvgIpc) is 1.61. The Labute approximate surface area is 61.0 Å². The van der Waals surface area contributed by atoms with Gasteiger partial charge in [0, 0.05) is 0 Å². The van der Waals surface area contributed by atoms with E-state index in [1.165, 1.54) is 12.8 Å². The third-order valence-electron chi connectivity index (χ3n) is 0.743. The summed E-state index contributed by atoms with van der Waals surface area (Å²) in [5, 5.41) is 0. The van der Waals surface area contributed by atoms with E-state index in [-0.39, 0.29) is 21.1 Å². The van der Waals surface area contributed by atoms with Gasteiger partial charge >= 0.3 is 21.1 Å². The molecule has 0 nitrogen and oxygen atoms in total. The molecule has 0 saturated carbocycles. The molecule has 0 aromatic heterocycles. The maximum Gasteiger partial charge on any atom is 2.00 e. The van der Waals surface area contributed by atoms with Crippen LogP contribution in [-0.2, 0) is 21.1 Å². The van der Waals surface area contributed by atoms with Crippen LogP contribution < -0.4 is 0 Å². The monoisotopic (exact) mass is 268 g/mol. The Morgan fingerprint density at radius 2 is 2.14 bits per heavy atom. The second-order valence-electron chi connectivity index (χ2n) is 1.40. The Bertz CT molecular complexity index is 16.1. The van der Waals surface area contributed by atoms with Crippen molar-refractivity contribution in [3.05, 3.63) is 13.3 Å². The summed E-state index contributed by atoms with van der Waals surface area (Å²) in [5.74, 6) is 0. The smallest absolute Gasteiger partial charge is 0.343 e. The van der Waals surface area contributed by atoms with Crippen molar-refractivity contribution in [2.45, 2.75) is 26.2 Å². The molecule has 0 N–H and O–H groups in total. The SMILES string of the molecule is [CH2-]CCC[CH-]C.[W+2]. The summed E-state index contributed by atoms with van der Waals surface area (Å²) in [5.41, 5.74) is 0. The van der Waals surface area contributed by atoms with Crippen LogP contribution in [0.1, 0.15) is 26.2 Å². The fraction of sp³-hybridized carbons (Fsp3) is 0.667. The van der Waals surface area contributed by atoms with Crippen LogP contribution in [0, 0.1) is 13.3 Å². The molecule has 0 rings (SSSR count). The predicted molar refractivity (Wildman–Crippen MR) is 29.2 cm³/mol. The molecule has 0 fully saturated rings. The van der Waals surface area contributed by atoms with Crippen molar-refractivity contribution in [1.29, 1.82) is 0 Å². The molecule has 0 amide bonds. The van der Waals surface area contributed by atoms with Crippen LogP contribution in [-0.4, -0.2) is 0 Å². The van der Waals surface area contributed by atoms with Crippen molar-refractivity contribution < 1.29 is 21.1 Å². The van der Waals surface area contributed by atoms with E-state index in [1.807, 2.05) is 0 Å². The van der Waals surface area contributed by atoms with E-state index in [0.29, 0.717) is 0 Å². The summed E-state index contributed by atoms with van der Waals surface area (Å²) in [6, 6.07) is 0. The molecule has 0 heterocycles. The van der Waals surface area contributed by atoms with Gasteiger partial charge in [0.2, 0.25) is 0 Å². The zero-order valence-corrected chi connectivity index (χ0v) is 7.75. The Balaban J connectivity index is 0. The molecule has 0 atom stereocenters. The number of hydrogen-bond acceptors (Lipinski definition) is 0. The molecule has 42 valence electrons. The second kappa shape index (κ2) is 9.85. The van der Waals surface area contributed by atoms with Gasteiger partial charge in [-0.2, -0.15) is 19.8 Å². The molecular weight excluding hydrogens is 256 g/mol. The van der Waals surface area contributed by atoms with Gasteiger partial charge in [0.05, 0.1) is 0 Å². The van der Waals surface area contributed by atoms with E-state index < -0.39 is 0 Å². The summed E-state index contributed by atoms with van der Waals surface area (Å²) in [6.07, 6.45) is 5.72. The van der Waals surface area contributed by atoms with Crippen molar-refractivity contribution in [1.82, 2.24) is 0 Å². The molecule has 0 saturated heterocycles. The molecule has 0 radical (unpaired) electrons. The molecule has 0 aliphatic heterocycles. The summed E-state index contributed by atoms with van der Waals surface area (Å²) < 4.78 is 0. The first kappa shape index (κ1) is 10.6. The van der Waals surface area contributed by atoms with E-state index >= 15 is 0 Å². The van der Waals surface area contributed by atoms with Crippen molar-refractivity contribution in [2.75, 3.05) is 0 Å². The van der Waals surface area contributed by atoms with Gasteiger partial charge in [-0.1, -0.05) is 0 Å². The van der Waals surface area contributed by atoms with Gasteiger partial charge in [-0.05, 0) is 0 Å².